The lowest BCUT2D eigenvalue weighted by Crippen LogP contribution is -2.17. The molecule has 3 rings (SSSR count). The van der Waals surface area contributed by atoms with Crippen LogP contribution in [0.1, 0.15) is 35.6 Å². The van der Waals surface area contributed by atoms with Gasteiger partial charge in [-0.15, -0.1) is 0 Å². The summed E-state index contributed by atoms with van der Waals surface area (Å²) in [7, 11) is 0. The Kier molecular flexibility index (Phi) is 2.82. The third kappa shape index (κ3) is 2.01. The van der Waals surface area contributed by atoms with Gasteiger partial charge in [-0.2, -0.15) is 5.10 Å². The molecule has 0 bridgehead atoms. The molecule has 1 atom stereocenters. The van der Waals surface area contributed by atoms with Gasteiger partial charge in [0.25, 0.3) is 0 Å². The number of nitrogens with two attached hydrogens (primary N) is 1. The Morgan fingerprint density at radius 1 is 1.39 bits per heavy atom. The van der Waals surface area contributed by atoms with Gasteiger partial charge in [0.2, 0.25) is 0 Å². The van der Waals surface area contributed by atoms with E-state index in [1.54, 1.807) is 0 Å². The highest BCUT2D eigenvalue weighted by Gasteiger charge is 2.20. The number of nitrogen functional groups attached to an aromatic ring is 1. The number of hydrogen-bond donors (Lipinski definition) is 1. The van der Waals surface area contributed by atoms with Crippen molar-refractivity contribution in [2.24, 2.45) is 0 Å². The molecule has 1 aromatic heterocycles. The molecule has 1 aliphatic rings. The quantitative estimate of drug-likeness (QED) is 0.878. The lowest BCUT2D eigenvalue weighted by Gasteiger charge is -2.25. The first-order valence-corrected chi connectivity index (χ1v) is 6.62. The maximum atomic E-state index is 5.75. The van der Waals surface area contributed by atoms with Crippen LogP contribution in [0.5, 0.6) is 0 Å². The Morgan fingerprint density at radius 2 is 2.22 bits per heavy atom. The monoisotopic (exact) mass is 241 g/mol. The van der Waals surface area contributed by atoms with E-state index < -0.39 is 0 Å². The molecule has 3 heteroatoms. The summed E-state index contributed by atoms with van der Waals surface area (Å²) in [4.78, 5) is 0. The van der Waals surface area contributed by atoms with Crippen LogP contribution in [0.2, 0.25) is 0 Å². The minimum Gasteiger partial charge on any atom is -0.382 e. The summed E-state index contributed by atoms with van der Waals surface area (Å²) < 4.78 is 2.04. The Bertz CT molecular complexity index is 557. The van der Waals surface area contributed by atoms with Crippen LogP contribution in [0.25, 0.3) is 0 Å². The molecule has 1 unspecified atom stereocenters. The van der Waals surface area contributed by atoms with Crippen LogP contribution < -0.4 is 5.73 Å². The molecular weight excluding hydrogens is 222 g/mol. The van der Waals surface area contributed by atoms with Gasteiger partial charge in [-0.1, -0.05) is 24.3 Å². The van der Waals surface area contributed by atoms with Crippen molar-refractivity contribution in [2.75, 3.05) is 5.73 Å². The predicted octanol–water partition coefficient (Wildman–Crippen LogP) is 2.89. The number of benzene rings is 1. The second-order valence-electron chi connectivity index (χ2n) is 5.18. The molecule has 2 N–H and O–H groups in total. The molecular formula is C15H19N3. The fourth-order valence-electron chi connectivity index (χ4n) is 2.97. The molecule has 0 saturated carbocycles. The number of fused-ring (bicyclic) bond motifs is 1. The lowest BCUT2D eigenvalue weighted by atomic mass is 9.83. The third-order valence-electron chi connectivity index (χ3n) is 3.89. The summed E-state index contributed by atoms with van der Waals surface area (Å²) in [6, 6.07) is 10.7. The van der Waals surface area contributed by atoms with Crippen molar-refractivity contribution in [3.05, 3.63) is 47.2 Å². The first-order chi connectivity index (χ1) is 8.74. The van der Waals surface area contributed by atoms with Crippen LogP contribution in [0.4, 0.5) is 5.82 Å². The fourth-order valence-corrected chi connectivity index (χ4v) is 2.97. The van der Waals surface area contributed by atoms with E-state index in [1.165, 1.54) is 30.4 Å². The average molecular weight is 241 g/mol. The smallest absolute Gasteiger partial charge is 0.145 e. The van der Waals surface area contributed by atoms with Crippen molar-refractivity contribution in [1.29, 1.82) is 0 Å². The number of nitrogens with zero attached hydrogens (tertiary/aromatic N) is 2. The molecule has 0 spiro atoms. The molecule has 0 saturated heterocycles. The Morgan fingerprint density at radius 3 is 3.00 bits per heavy atom. The summed E-state index contributed by atoms with van der Waals surface area (Å²) in [6.45, 7) is 3.01. The van der Waals surface area contributed by atoms with Crippen LogP contribution >= 0.6 is 0 Å². The summed E-state index contributed by atoms with van der Waals surface area (Å²) in [6.07, 6.45) is 3.74. The van der Waals surface area contributed by atoms with Gasteiger partial charge >= 0.3 is 0 Å². The largest absolute Gasteiger partial charge is 0.382 e. The van der Waals surface area contributed by atoms with Gasteiger partial charge in [-0.05, 0) is 37.3 Å². The van der Waals surface area contributed by atoms with Crippen LogP contribution in [0.3, 0.4) is 0 Å². The van der Waals surface area contributed by atoms with E-state index in [0.29, 0.717) is 11.7 Å². The van der Waals surface area contributed by atoms with E-state index in [-0.39, 0.29) is 0 Å². The third-order valence-corrected chi connectivity index (χ3v) is 3.89. The van der Waals surface area contributed by atoms with Gasteiger partial charge in [-0.25, -0.2) is 0 Å². The van der Waals surface area contributed by atoms with Crippen molar-refractivity contribution in [1.82, 2.24) is 9.78 Å². The molecule has 0 radical (unpaired) electrons. The maximum Gasteiger partial charge on any atom is 0.145 e. The SMILES string of the molecule is Cc1cc(N)nn1CC1CCCc2ccccc21. The lowest BCUT2D eigenvalue weighted by molar-refractivity contribution is 0.452. The van der Waals surface area contributed by atoms with Crippen molar-refractivity contribution in [2.45, 2.75) is 38.6 Å². The van der Waals surface area contributed by atoms with Crippen LogP contribution in [0, 0.1) is 6.92 Å². The van der Waals surface area contributed by atoms with Crippen molar-refractivity contribution >= 4 is 5.82 Å². The molecule has 18 heavy (non-hydrogen) atoms. The summed E-state index contributed by atoms with van der Waals surface area (Å²) in [5, 5.41) is 4.37. The van der Waals surface area contributed by atoms with Gasteiger partial charge in [0.15, 0.2) is 0 Å². The van der Waals surface area contributed by atoms with E-state index in [1.807, 2.05) is 10.7 Å². The Balaban J connectivity index is 1.88. The molecule has 1 aromatic carbocycles. The standard InChI is InChI=1S/C15H19N3/c1-11-9-15(16)17-18(11)10-13-7-4-6-12-5-2-3-8-14(12)13/h2-3,5,8-9,13H,4,6-7,10H2,1H3,(H2,16,17). The Hall–Kier alpha value is -1.77. The zero-order valence-electron chi connectivity index (χ0n) is 10.8. The predicted molar refractivity (Wildman–Crippen MR) is 73.5 cm³/mol. The van der Waals surface area contributed by atoms with Crippen molar-refractivity contribution in [3.63, 3.8) is 0 Å². The van der Waals surface area contributed by atoms with Gasteiger partial charge < -0.3 is 5.73 Å². The number of rotatable bonds is 2. The zero-order valence-corrected chi connectivity index (χ0v) is 10.8. The highest BCUT2D eigenvalue weighted by atomic mass is 15.3. The molecule has 94 valence electrons. The van der Waals surface area contributed by atoms with Crippen LogP contribution in [0.15, 0.2) is 30.3 Å². The molecule has 0 aliphatic heterocycles. The normalized spacial score (nSPS) is 18.6. The van der Waals surface area contributed by atoms with Crippen LogP contribution in [-0.4, -0.2) is 9.78 Å². The first kappa shape index (κ1) is 11.3. The van der Waals surface area contributed by atoms with E-state index in [9.17, 15) is 0 Å². The van der Waals surface area contributed by atoms with Gasteiger partial charge in [0.1, 0.15) is 5.82 Å². The maximum absolute atomic E-state index is 5.75. The number of hydrogen-bond acceptors (Lipinski definition) is 2. The number of anilines is 1. The van der Waals surface area contributed by atoms with Gasteiger partial charge in [0.05, 0.1) is 0 Å². The number of aromatic nitrogens is 2. The summed E-state index contributed by atoms with van der Waals surface area (Å²) in [5.74, 6) is 1.20. The summed E-state index contributed by atoms with van der Waals surface area (Å²) >= 11 is 0. The number of aryl methyl sites for hydroxylation is 2. The summed E-state index contributed by atoms with van der Waals surface area (Å²) in [5.41, 5.74) is 9.90. The highest BCUT2D eigenvalue weighted by molar-refractivity contribution is 5.33. The van der Waals surface area contributed by atoms with Gasteiger partial charge in [0, 0.05) is 24.2 Å². The molecule has 1 heterocycles. The minimum absolute atomic E-state index is 0.577. The second-order valence-corrected chi connectivity index (χ2v) is 5.18. The Labute approximate surface area is 108 Å². The minimum atomic E-state index is 0.577. The van der Waals surface area contributed by atoms with E-state index in [2.05, 4.69) is 36.3 Å². The van der Waals surface area contributed by atoms with Crippen molar-refractivity contribution < 1.29 is 0 Å². The average Bonchev–Trinajstić information content (AvgIpc) is 2.68. The fraction of sp³-hybridized carbons (Fsp3) is 0.400. The zero-order chi connectivity index (χ0) is 12.5. The molecule has 3 nitrogen and oxygen atoms in total. The topological polar surface area (TPSA) is 43.8 Å². The molecule has 0 amide bonds. The van der Waals surface area contributed by atoms with E-state index >= 15 is 0 Å². The van der Waals surface area contributed by atoms with Crippen LogP contribution in [-0.2, 0) is 13.0 Å². The highest BCUT2D eigenvalue weighted by Crippen LogP contribution is 2.32. The van der Waals surface area contributed by atoms with E-state index in [4.69, 9.17) is 5.73 Å². The molecule has 1 aliphatic carbocycles. The second kappa shape index (κ2) is 4.48. The molecule has 0 fully saturated rings. The first-order valence-electron chi connectivity index (χ1n) is 6.62. The molecule has 2 aromatic rings. The van der Waals surface area contributed by atoms with E-state index in [0.717, 1.165) is 12.2 Å². The van der Waals surface area contributed by atoms with Crippen molar-refractivity contribution in [3.8, 4) is 0 Å². The van der Waals surface area contributed by atoms with Gasteiger partial charge in [-0.3, -0.25) is 4.68 Å².